The Hall–Kier alpha value is -1.52. The molecule has 126 valence electrons. The van der Waals surface area contributed by atoms with Crippen molar-refractivity contribution in [2.45, 2.75) is 71.6 Å². The molecule has 0 radical (unpaired) electrons. The van der Waals surface area contributed by atoms with E-state index in [1.54, 1.807) is 0 Å². The molecule has 0 aromatic carbocycles. The van der Waals surface area contributed by atoms with E-state index in [0.29, 0.717) is 13.0 Å². The molecule has 22 heavy (non-hydrogen) atoms. The molecule has 0 saturated carbocycles. The molecule has 1 saturated heterocycles. The Kier molecular flexibility index (Phi) is 5.65. The van der Waals surface area contributed by atoms with Gasteiger partial charge in [-0.1, -0.05) is 6.08 Å². The van der Waals surface area contributed by atoms with Crippen molar-refractivity contribution >= 4 is 12.1 Å². The molecular formula is C17H29NO4. The van der Waals surface area contributed by atoms with Crippen molar-refractivity contribution in [2.75, 3.05) is 6.54 Å². The maximum absolute atomic E-state index is 12.4. The summed E-state index contributed by atoms with van der Waals surface area (Å²) in [7, 11) is 0. The van der Waals surface area contributed by atoms with Crippen molar-refractivity contribution in [2.24, 2.45) is 5.92 Å². The lowest BCUT2D eigenvalue weighted by Crippen LogP contribution is -2.45. The first-order chi connectivity index (χ1) is 9.93. The van der Waals surface area contributed by atoms with E-state index in [9.17, 15) is 9.59 Å². The first-order valence-corrected chi connectivity index (χ1v) is 7.76. The Balaban J connectivity index is 2.87. The van der Waals surface area contributed by atoms with E-state index in [2.05, 4.69) is 6.58 Å². The summed E-state index contributed by atoms with van der Waals surface area (Å²) in [6, 6.07) is -0.584. The molecule has 0 aromatic rings. The Morgan fingerprint density at radius 2 is 1.68 bits per heavy atom. The van der Waals surface area contributed by atoms with Gasteiger partial charge in [0.1, 0.15) is 17.2 Å². The first kappa shape index (κ1) is 18.5. The molecule has 1 aliphatic heterocycles. The van der Waals surface area contributed by atoms with Gasteiger partial charge >= 0.3 is 12.1 Å². The fourth-order valence-electron chi connectivity index (χ4n) is 2.44. The molecule has 0 aromatic heterocycles. The highest BCUT2D eigenvalue weighted by atomic mass is 16.6. The van der Waals surface area contributed by atoms with E-state index in [-0.39, 0.29) is 11.9 Å². The molecule has 1 heterocycles. The highest BCUT2D eigenvalue weighted by Crippen LogP contribution is 2.29. The molecule has 2 atom stereocenters. The van der Waals surface area contributed by atoms with Crippen LogP contribution >= 0.6 is 0 Å². The number of hydrogen-bond acceptors (Lipinski definition) is 4. The van der Waals surface area contributed by atoms with Gasteiger partial charge in [0.05, 0.1) is 0 Å². The number of carbonyl (C=O) groups is 2. The highest BCUT2D eigenvalue weighted by molar-refractivity contribution is 5.82. The molecule has 0 bridgehead atoms. The van der Waals surface area contributed by atoms with E-state index in [1.165, 1.54) is 4.90 Å². The lowest BCUT2D eigenvalue weighted by Gasteiger charge is -2.29. The number of nitrogens with zero attached hydrogens (tertiary/aromatic N) is 1. The molecule has 5 nitrogen and oxygen atoms in total. The van der Waals surface area contributed by atoms with E-state index in [4.69, 9.17) is 9.47 Å². The Labute approximate surface area is 133 Å². The number of allylic oxidation sites excluding steroid dienone is 1. The molecule has 0 spiro atoms. The Morgan fingerprint density at radius 3 is 2.14 bits per heavy atom. The van der Waals surface area contributed by atoms with Gasteiger partial charge in [-0.3, -0.25) is 4.90 Å². The van der Waals surface area contributed by atoms with Crippen LogP contribution in [0.3, 0.4) is 0 Å². The predicted octanol–water partition coefficient (Wildman–Crippen LogP) is 3.53. The quantitative estimate of drug-likeness (QED) is 0.591. The van der Waals surface area contributed by atoms with Crippen LogP contribution in [0.1, 0.15) is 54.4 Å². The SMILES string of the molecule is C=CC[C@H]1C[C@@H](C(=O)OC(C)(C)C)N(C(=O)OC(C)(C)C)C1. The maximum atomic E-state index is 12.4. The molecule has 1 fully saturated rings. The first-order valence-electron chi connectivity index (χ1n) is 7.76. The molecule has 0 aliphatic carbocycles. The molecule has 1 aliphatic rings. The van der Waals surface area contributed by atoms with E-state index in [0.717, 1.165) is 6.42 Å². The van der Waals surface area contributed by atoms with Gasteiger partial charge in [0.2, 0.25) is 0 Å². The van der Waals surface area contributed by atoms with Gasteiger partial charge in [-0.15, -0.1) is 6.58 Å². The van der Waals surface area contributed by atoms with Gasteiger partial charge in [0.25, 0.3) is 0 Å². The van der Waals surface area contributed by atoms with Crippen molar-refractivity contribution in [3.8, 4) is 0 Å². The largest absolute Gasteiger partial charge is 0.458 e. The van der Waals surface area contributed by atoms with Crippen molar-refractivity contribution in [1.82, 2.24) is 4.90 Å². The van der Waals surface area contributed by atoms with Crippen molar-refractivity contribution < 1.29 is 19.1 Å². The van der Waals surface area contributed by atoms with Gasteiger partial charge in [-0.25, -0.2) is 9.59 Å². The van der Waals surface area contributed by atoms with Gasteiger partial charge in [0, 0.05) is 6.54 Å². The molecular weight excluding hydrogens is 282 g/mol. The summed E-state index contributed by atoms with van der Waals surface area (Å²) in [4.78, 5) is 26.2. The molecule has 1 amide bonds. The number of carbonyl (C=O) groups excluding carboxylic acids is 2. The average molecular weight is 311 g/mol. The second kappa shape index (κ2) is 6.71. The molecule has 0 N–H and O–H groups in total. The summed E-state index contributed by atoms with van der Waals surface area (Å²) < 4.78 is 10.9. The number of rotatable bonds is 3. The summed E-state index contributed by atoms with van der Waals surface area (Å²) >= 11 is 0. The molecule has 0 unspecified atom stereocenters. The van der Waals surface area contributed by atoms with Gasteiger partial charge in [-0.2, -0.15) is 0 Å². The number of amides is 1. The number of likely N-dealkylation sites (tertiary alicyclic amines) is 1. The number of hydrogen-bond donors (Lipinski definition) is 0. The van der Waals surface area contributed by atoms with Crippen LogP contribution in [0.5, 0.6) is 0 Å². The standard InChI is InChI=1S/C17H29NO4/c1-8-9-12-10-13(14(19)21-16(2,3)4)18(11-12)15(20)22-17(5,6)7/h8,12-13H,1,9-11H2,2-7H3/t12-,13-/m0/s1. The van der Waals surface area contributed by atoms with Crippen LogP contribution in [0.2, 0.25) is 0 Å². The third-order valence-electron chi connectivity index (χ3n) is 3.19. The molecule has 5 heteroatoms. The Bertz CT molecular complexity index is 395. The fraction of sp³-hybridized carbons (Fsp3) is 0.765. The van der Waals surface area contributed by atoms with Gasteiger partial charge < -0.3 is 9.47 Å². The van der Waals surface area contributed by atoms with E-state index in [1.807, 2.05) is 47.6 Å². The van der Waals surface area contributed by atoms with Crippen LogP contribution in [0.15, 0.2) is 12.7 Å². The lowest BCUT2D eigenvalue weighted by atomic mass is 10.0. The zero-order chi connectivity index (χ0) is 17.1. The van der Waals surface area contributed by atoms with Crippen molar-refractivity contribution in [3.63, 3.8) is 0 Å². The third-order valence-corrected chi connectivity index (χ3v) is 3.19. The summed E-state index contributed by atoms with van der Waals surface area (Å²) in [5, 5.41) is 0. The smallest absolute Gasteiger partial charge is 0.411 e. The average Bonchev–Trinajstić information content (AvgIpc) is 2.69. The van der Waals surface area contributed by atoms with Crippen LogP contribution in [0, 0.1) is 5.92 Å². The summed E-state index contributed by atoms with van der Waals surface area (Å²) in [5.74, 6) is -0.160. The van der Waals surface area contributed by atoms with E-state index < -0.39 is 23.3 Å². The van der Waals surface area contributed by atoms with Crippen LogP contribution in [0.4, 0.5) is 4.79 Å². The van der Waals surface area contributed by atoms with Crippen LogP contribution in [-0.2, 0) is 14.3 Å². The summed E-state index contributed by atoms with van der Waals surface area (Å²) in [6.07, 6.45) is 2.70. The monoisotopic (exact) mass is 311 g/mol. The summed E-state index contributed by atoms with van der Waals surface area (Å²) in [5.41, 5.74) is -1.17. The predicted molar refractivity (Wildman–Crippen MR) is 85.5 cm³/mol. The van der Waals surface area contributed by atoms with Crippen molar-refractivity contribution in [1.29, 1.82) is 0 Å². The highest BCUT2D eigenvalue weighted by Gasteiger charge is 2.42. The second-order valence-electron chi connectivity index (χ2n) is 7.81. The fourth-order valence-corrected chi connectivity index (χ4v) is 2.44. The van der Waals surface area contributed by atoms with Crippen LogP contribution in [-0.4, -0.2) is 40.8 Å². The lowest BCUT2D eigenvalue weighted by molar-refractivity contribution is -0.160. The number of esters is 1. The minimum Gasteiger partial charge on any atom is -0.458 e. The van der Waals surface area contributed by atoms with Gasteiger partial charge in [-0.05, 0) is 60.3 Å². The minimum atomic E-state index is -0.591. The zero-order valence-corrected chi connectivity index (χ0v) is 14.6. The normalized spacial score (nSPS) is 22.4. The van der Waals surface area contributed by atoms with Crippen molar-refractivity contribution in [3.05, 3.63) is 12.7 Å². The van der Waals surface area contributed by atoms with Gasteiger partial charge in [0.15, 0.2) is 0 Å². The van der Waals surface area contributed by atoms with Crippen LogP contribution in [0.25, 0.3) is 0 Å². The van der Waals surface area contributed by atoms with Crippen LogP contribution < -0.4 is 0 Å². The maximum Gasteiger partial charge on any atom is 0.411 e. The second-order valence-corrected chi connectivity index (χ2v) is 7.81. The zero-order valence-electron chi connectivity index (χ0n) is 14.6. The minimum absolute atomic E-state index is 0.211. The summed E-state index contributed by atoms with van der Waals surface area (Å²) in [6.45, 7) is 15.1. The molecule has 1 rings (SSSR count). The Morgan fingerprint density at radius 1 is 1.14 bits per heavy atom. The van der Waals surface area contributed by atoms with E-state index >= 15 is 0 Å². The third kappa shape index (κ3) is 5.70. The topological polar surface area (TPSA) is 55.8 Å². The number of ether oxygens (including phenoxy) is 2.